The molecule has 17 heavy (non-hydrogen) atoms. The third kappa shape index (κ3) is 4.95. The number of nitrogens with one attached hydrogen (secondary N) is 1. The molecule has 0 spiro atoms. The molecule has 1 aromatic rings. The third-order valence-corrected chi connectivity index (χ3v) is 3.12. The summed E-state index contributed by atoms with van der Waals surface area (Å²) in [5.41, 5.74) is 0.172. The van der Waals surface area contributed by atoms with Crippen molar-refractivity contribution in [3.8, 4) is 0 Å². The molecule has 0 saturated heterocycles. The zero-order valence-electron chi connectivity index (χ0n) is 9.60. The van der Waals surface area contributed by atoms with Gasteiger partial charge in [-0.25, -0.2) is 12.8 Å². The Morgan fingerprint density at radius 3 is 2.65 bits per heavy atom. The second-order valence-electron chi connectivity index (χ2n) is 3.98. The predicted molar refractivity (Wildman–Crippen MR) is 63.0 cm³/mol. The Morgan fingerprint density at radius 1 is 1.47 bits per heavy atom. The maximum Gasteiger partial charge on any atom is 0.251 e. The summed E-state index contributed by atoms with van der Waals surface area (Å²) in [4.78, 5) is 11.6. The molecule has 6 heteroatoms. The number of sulfone groups is 1. The van der Waals surface area contributed by atoms with Crippen molar-refractivity contribution in [2.75, 3.05) is 12.0 Å². The molecule has 0 saturated carbocycles. The lowest BCUT2D eigenvalue weighted by Gasteiger charge is -2.12. The molecule has 1 rings (SSSR count). The van der Waals surface area contributed by atoms with Crippen molar-refractivity contribution < 1.29 is 17.6 Å². The number of amides is 1. The monoisotopic (exact) mass is 259 g/mol. The maximum atomic E-state index is 12.9. The van der Waals surface area contributed by atoms with Gasteiger partial charge < -0.3 is 5.32 Å². The van der Waals surface area contributed by atoms with E-state index in [0.29, 0.717) is 0 Å². The first-order valence-corrected chi connectivity index (χ1v) is 7.08. The van der Waals surface area contributed by atoms with E-state index >= 15 is 0 Å². The number of hydrogen-bond donors (Lipinski definition) is 1. The largest absolute Gasteiger partial charge is 0.349 e. The van der Waals surface area contributed by atoms with Crippen molar-refractivity contribution in [2.45, 2.75) is 13.0 Å². The zero-order chi connectivity index (χ0) is 13.1. The van der Waals surface area contributed by atoms with Crippen LogP contribution in [0.3, 0.4) is 0 Å². The molecule has 1 N–H and O–H groups in total. The molecule has 0 bridgehead atoms. The van der Waals surface area contributed by atoms with E-state index in [9.17, 15) is 17.6 Å². The van der Waals surface area contributed by atoms with Gasteiger partial charge in [-0.05, 0) is 25.1 Å². The van der Waals surface area contributed by atoms with Gasteiger partial charge in [-0.15, -0.1) is 0 Å². The molecule has 0 aliphatic carbocycles. The van der Waals surface area contributed by atoms with Crippen LogP contribution < -0.4 is 5.32 Å². The zero-order valence-corrected chi connectivity index (χ0v) is 10.4. The van der Waals surface area contributed by atoms with Gasteiger partial charge in [-0.3, -0.25) is 4.79 Å². The Kier molecular flexibility index (Phi) is 4.22. The van der Waals surface area contributed by atoms with Crippen LogP contribution in [0, 0.1) is 5.82 Å². The molecular formula is C11H14FNO3S. The first-order valence-electron chi connectivity index (χ1n) is 5.02. The maximum absolute atomic E-state index is 12.9. The Hall–Kier alpha value is -1.43. The quantitative estimate of drug-likeness (QED) is 0.877. The van der Waals surface area contributed by atoms with E-state index in [1.165, 1.54) is 18.2 Å². The van der Waals surface area contributed by atoms with E-state index in [-0.39, 0.29) is 11.3 Å². The normalized spacial score (nSPS) is 13.1. The summed E-state index contributed by atoms with van der Waals surface area (Å²) in [6.45, 7) is 1.58. The van der Waals surface area contributed by atoms with E-state index in [0.717, 1.165) is 12.3 Å². The molecule has 0 unspecified atom stereocenters. The Labute approximate surface area is 99.8 Å². The lowest BCUT2D eigenvalue weighted by atomic mass is 10.2. The van der Waals surface area contributed by atoms with Gasteiger partial charge in [-0.1, -0.05) is 6.07 Å². The van der Waals surface area contributed by atoms with Crippen LogP contribution in [0.5, 0.6) is 0 Å². The second-order valence-corrected chi connectivity index (χ2v) is 6.16. The Morgan fingerprint density at radius 2 is 2.12 bits per heavy atom. The molecule has 0 aliphatic heterocycles. The van der Waals surface area contributed by atoms with Crippen molar-refractivity contribution in [1.82, 2.24) is 5.32 Å². The van der Waals surface area contributed by atoms with Gasteiger partial charge in [-0.2, -0.15) is 0 Å². The summed E-state index contributed by atoms with van der Waals surface area (Å²) >= 11 is 0. The molecule has 4 nitrogen and oxygen atoms in total. The van der Waals surface area contributed by atoms with Crippen molar-refractivity contribution in [2.24, 2.45) is 0 Å². The predicted octanol–water partition coefficient (Wildman–Crippen LogP) is 0.989. The third-order valence-electron chi connectivity index (χ3n) is 2.02. The van der Waals surface area contributed by atoms with Gasteiger partial charge in [0.1, 0.15) is 15.7 Å². The Bertz CT molecular complexity index is 513. The smallest absolute Gasteiger partial charge is 0.251 e. The topological polar surface area (TPSA) is 63.2 Å². The fraction of sp³-hybridized carbons (Fsp3) is 0.364. The SMILES string of the molecule is C[C@H](CS(C)(=O)=O)NC(=O)c1cccc(F)c1. The summed E-state index contributed by atoms with van der Waals surface area (Å²) in [6.07, 6.45) is 1.10. The minimum atomic E-state index is -3.15. The summed E-state index contributed by atoms with van der Waals surface area (Å²) in [5, 5.41) is 2.50. The van der Waals surface area contributed by atoms with Crippen molar-refractivity contribution in [3.05, 3.63) is 35.6 Å². The van der Waals surface area contributed by atoms with E-state index in [2.05, 4.69) is 5.32 Å². The van der Waals surface area contributed by atoms with Gasteiger partial charge in [0.05, 0.1) is 5.75 Å². The molecule has 0 fully saturated rings. The van der Waals surface area contributed by atoms with Gasteiger partial charge in [0.15, 0.2) is 0 Å². The highest BCUT2D eigenvalue weighted by Gasteiger charge is 2.14. The van der Waals surface area contributed by atoms with Crippen LogP contribution in [-0.4, -0.2) is 32.4 Å². The summed E-state index contributed by atoms with van der Waals surface area (Å²) < 4.78 is 34.9. The van der Waals surface area contributed by atoms with Crippen LogP contribution in [0.4, 0.5) is 4.39 Å². The number of rotatable bonds is 4. The van der Waals surface area contributed by atoms with Crippen molar-refractivity contribution in [1.29, 1.82) is 0 Å². The standard InChI is InChI=1S/C11H14FNO3S/c1-8(7-17(2,15)16)13-11(14)9-4-3-5-10(12)6-9/h3-6,8H,7H2,1-2H3,(H,13,14)/t8-/m1/s1. The first-order chi connectivity index (χ1) is 7.78. The molecular weight excluding hydrogens is 245 g/mol. The fourth-order valence-electron chi connectivity index (χ4n) is 1.43. The fourth-order valence-corrected chi connectivity index (χ4v) is 2.42. The highest BCUT2D eigenvalue weighted by Crippen LogP contribution is 2.04. The van der Waals surface area contributed by atoms with E-state index in [4.69, 9.17) is 0 Å². The number of hydrogen-bond acceptors (Lipinski definition) is 3. The van der Waals surface area contributed by atoms with Crippen LogP contribution >= 0.6 is 0 Å². The molecule has 0 aromatic heterocycles. The van der Waals surface area contributed by atoms with E-state index in [1.807, 2.05) is 0 Å². The average Bonchev–Trinajstić information content (AvgIpc) is 2.14. The lowest BCUT2D eigenvalue weighted by Crippen LogP contribution is -2.37. The first kappa shape index (κ1) is 13.6. The average molecular weight is 259 g/mol. The lowest BCUT2D eigenvalue weighted by molar-refractivity contribution is 0.0943. The van der Waals surface area contributed by atoms with E-state index in [1.54, 1.807) is 6.92 Å². The van der Waals surface area contributed by atoms with Crippen LogP contribution in [-0.2, 0) is 9.84 Å². The minimum Gasteiger partial charge on any atom is -0.349 e. The van der Waals surface area contributed by atoms with Gasteiger partial charge >= 0.3 is 0 Å². The molecule has 1 atom stereocenters. The van der Waals surface area contributed by atoms with Crippen molar-refractivity contribution >= 4 is 15.7 Å². The minimum absolute atomic E-state index is 0.145. The van der Waals surface area contributed by atoms with Crippen molar-refractivity contribution in [3.63, 3.8) is 0 Å². The van der Waals surface area contributed by atoms with Crippen LogP contribution in [0.25, 0.3) is 0 Å². The molecule has 0 radical (unpaired) electrons. The van der Waals surface area contributed by atoms with Gasteiger partial charge in [0.2, 0.25) is 0 Å². The number of benzene rings is 1. The molecule has 0 aliphatic rings. The van der Waals surface area contributed by atoms with Crippen LogP contribution in [0.15, 0.2) is 24.3 Å². The number of carbonyl (C=O) groups excluding carboxylic acids is 1. The Balaban J connectivity index is 2.67. The molecule has 1 amide bonds. The molecule has 94 valence electrons. The highest BCUT2D eigenvalue weighted by molar-refractivity contribution is 7.90. The summed E-state index contributed by atoms with van der Waals surface area (Å²) in [7, 11) is -3.15. The second kappa shape index (κ2) is 5.27. The molecule has 1 aromatic carbocycles. The van der Waals surface area contributed by atoms with Gasteiger partial charge in [0, 0.05) is 17.9 Å². The number of halogens is 1. The highest BCUT2D eigenvalue weighted by atomic mass is 32.2. The number of carbonyl (C=O) groups is 1. The van der Waals surface area contributed by atoms with Crippen LogP contribution in [0.2, 0.25) is 0 Å². The van der Waals surface area contributed by atoms with Crippen LogP contribution in [0.1, 0.15) is 17.3 Å². The summed E-state index contributed by atoms with van der Waals surface area (Å²) in [5.74, 6) is -1.14. The molecule has 0 heterocycles. The summed E-state index contributed by atoms with van der Waals surface area (Å²) in [6, 6.07) is 4.71. The van der Waals surface area contributed by atoms with Gasteiger partial charge in [0.25, 0.3) is 5.91 Å². The van der Waals surface area contributed by atoms with E-state index < -0.39 is 27.6 Å².